The van der Waals surface area contributed by atoms with Crippen LogP contribution >= 0.6 is 35.6 Å². The summed E-state index contributed by atoms with van der Waals surface area (Å²) in [7, 11) is 0. The summed E-state index contributed by atoms with van der Waals surface area (Å²) in [6.07, 6.45) is 6.91. The molecule has 5 nitrogen and oxygen atoms in total. The molecule has 31 heavy (non-hydrogen) atoms. The van der Waals surface area contributed by atoms with Crippen LogP contribution in [0.3, 0.4) is 0 Å². The number of nitrogens with two attached hydrogens (primary N) is 1. The number of anilines is 1. The van der Waals surface area contributed by atoms with E-state index in [0.717, 1.165) is 65.3 Å². The van der Waals surface area contributed by atoms with E-state index < -0.39 is 0 Å². The molecular weight excluding hydrogens is 457 g/mol. The van der Waals surface area contributed by atoms with Gasteiger partial charge in [0.1, 0.15) is 6.29 Å². The summed E-state index contributed by atoms with van der Waals surface area (Å²) in [6, 6.07) is 9.84. The number of phenolic OH excluding ortho intramolecular Hbond substituents is 1. The Labute approximate surface area is 197 Å². The van der Waals surface area contributed by atoms with Crippen LogP contribution in [0, 0.1) is 0 Å². The molecule has 8 heteroatoms. The molecule has 0 atom stereocenters. The number of aldehydes is 1. The first-order chi connectivity index (χ1) is 14.5. The number of benzene rings is 2. The molecule has 0 radical (unpaired) electrons. The third-order valence-electron chi connectivity index (χ3n) is 5.72. The van der Waals surface area contributed by atoms with Crippen LogP contribution in [-0.2, 0) is 11.2 Å². The summed E-state index contributed by atoms with van der Waals surface area (Å²) >= 11 is 12.2. The highest BCUT2D eigenvalue weighted by Gasteiger charge is 2.21. The van der Waals surface area contributed by atoms with Gasteiger partial charge in [-0.25, -0.2) is 0 Å². The van der Waals surface area contributed by atoms with Gasteiger partial charge >= 0.3 is 0 Å². The maximum absolute atomic E-state index is 11.3. The second-order valence-corrected chi connectivity index (χ2v) is 8.62. The predicted molar refractivity (Wildman–Crippen MR) is 130 cm³/mol. The second-order valence-electron chi connectivity index (χ2n) is 7.81. The first kappa shape index (κ1) is 23.6. The lowest BCUT2D eigenvalue weighted by Crippen LogP contribution is -2.33. The maximum Gasteiger partial charge on any atom is 0.152 e. The van der Waals surface area contributed by atoms with E-state index in [1.165, 1.54) is 0 Å². The molecule has 0 saturated heterocycles. The highest BCUT2D eigenvalue weighted by atomic mass is 35.5. The second kappa shape index (κ2) is 10.0. The molecular formula is C23H24Cl3N3O2. The molecule has 0 aliphatic heterocycles. The minimum atomic E-state index is -0.129. The molecule has 1 aromatic heterocycles. The number of nitrogens with one attached hydrogen (secondary N) is 1. The van der Waals surface area contributed by atoms with Crippen LogP contribution < -0.4 is 11.1 Å². The van der Waals surface area contributed by atoms with Crippen molar-refractivity contribution in [3.05, 3.63) is 52.1 Å². The van der Waals surface area contributed by atoms with Gasteiger partial charge in [0.15, 0.2) is 5.75 Å². The lowest BCUT2D eigenvalue weighted by atomic mass is 9.91. The molecule has 4 rings (SSSR count). The SMILES string of the molecule is Cl.N[C@H]1CC[C@H](Nc2c(CC=O)cnc3ccc(-c4cc(Cl)c(O)c(Cl)c4)cc23)CC1. The Morgan fingerprint density at radius 2 is 1.77 bits per heavy atom. The van der Waals surface area contributed by atoms with E-state index in [1.807, 2.05) is 18.2 Å². The van der Waals surface area contributed by atoms with Crippen molar-refractivity contribution in [3.63, 3.8) is 0 Å². The van der Waals surface area contributed by atoms with Crippen LogP contribution in [0.15, 0.2) is 36.5 Å². The fourth-order valence-corrected chi connectivity index (χ4v) is 4.52. The zero-order valence-electron chi connectivity index (χ0n) is 16.8. The smallest absolute Gasteiger partial charge is 0.152 e. The average Bonchev–Trinajstić information content (AvgIpc) is 2.74. The Bertz CT molecular complexity index is 1080. The number of hydrogen-bond donors (Lipinski definition) is 3. The molecule has 164 valence electrons. The van der Waals surface area contributed by atoms with Crippen molar-refractivity contribution < 1.29 is 9.90 Å². The number of rotatable bonds is 5. The van der Waals surface area contributed by atoms with Gasteiger partial charge in [0.25, 0.3) is 0 Å². The first-order valence-corrected chi connectivity index (χ1v) is 10.8. The number of halogens is 3. The molecule has 0 amide bonds. The van der Waals surface area contributed by atoms with Gasteiger partial charge in [0, 0.05) is 41.3 Å². The molecule has 3 aromatic rings. The first-order valence-electron chi connectivity index (χ1n) is 10.0. The van der Waals surface area contributed by atoms with E-state index in [2.05, 4.69) is 10.3 Å². The molecule has 4 N–H and O–H groups in total. The summed E-state index contributed by atoms with van der Waals surface area (Å²) in [4.78, 5) is 15.8. The molecule has 1 fully saturated rings. The number of hydrogen-bond acceptors (Lipinski definition) is 5. The van der Waals surface area contributed by atoms with Gasteiger partial charge in [-0.2, -0.15) is 0 Å². The molecule has 2 aromatic carbocycles. The number of carbonyl (C=O) groups is 1. The highest BCUT2D eigenvalue weighted by molar-refractivity contribution is 6.37. The predicted octanol–water partition coefficient (Wildman–Crippen LogP) is 5.76. The van der Waals surface area contributed by atoms with E-state index >= 15 is 0 Å². The number of aromatic hydroxyl groups is 1. The van der Waals surface area contributed by atoms with Gasteiger partial charge in [0.2, 0.25) is 0 Å². The van der Waals surface area contributed by atoms with Crippen molar-refractivity contribution >= 4 is 58.5 Å². The Balaban J connectivity index is 0.00000272. The van der Waals surface area contributed by atoms with Crippen LogP contribution in [0.2, 0.25) is 10.0 Å². The fraction of sp³-hybridized carbons (Fsp3) is 0.304. The quantitative estimate of drug-likeness (QED) is 0.404. The lowest BCUT2D eigenvalue weighted by molar-refractivity contribution is -0.107. The number of phenols is 1. The number of fused-ring (bicyclic) bond motifs is 1. The molecule has 0 bridgehead atoms. The topological polar surface area (TPSA) is 88.2 Å². The van der Waals surface area contributed by atoms with Crippen LogP contribution in [-0.4, -0.2) is 28.5 Å². The summed E-state index contributed by atoms with van der Waals surface area (Å²) in [6.45, 7) is 0. The molecule has 1 saturated carbocycles. The number of aromatic nitrogens is 1. The van der Waals surface area contributed by atoms with Crippen LogP contribution in [0.4, 0.5) is 5.69 Å². The largest absolute Gasteiger partial charge is 0.505 e. The third-order valence-corrected chi connectivity index (χ3v) is 6.30. The van der Waals surface area contributed by atoms with Crippen molar-refractivity contribution in [3.8, 4) is 16.9 Å². The standard InChI is InChI=1S/C23H23Cl2N3O2.ClH/c24-19-10-15(11-20(25)23(19)30)13-1-6-21-18(9-13)22(14(7-8-29)12-27-21)28-17-4-2-16(26)3-5-17;/h1,6,8-12,16-17,30H,2-5,7,26H2,(H,27,28);1H/t16-,17-;. The lowest BCUT2D eigenvalue weighted by Gasteiger charge is -2.29. The van der Waals surface area contributed by atoms with Gasteiger partial charge in [-0.15, -0.1) is 12.4 Å². The summed E-state index contributed by atoms with van der Waals surface area (Å²) in [5.41, 5.74) is 10.4. The molecule has 0 spiro atoms. The van der Waals surface area contributed by atoms with Crippen molar-refractivity contribution in [2.75, 3.05) is 5.32 Å². The summed E-state index contributed by atoms with van der Waals surface area (Å²) < 4.78 is 0. The normalized spacial score (nSPS) is 18.4. The fourth-order valence-electron chi connectivity index (χ4n) is 4.03. The minimum absolute atomic E-state index is 0. The number of pyridine rings is 1. The maximum atomic E-state index is 11.3. The Morgan fingerprint density at radius 3 is 2.42 bits per heavy atom. The van der Waals surface area contributed by atoms with Crippen LogP contribution in [0.25, 0.3) is 22.0 Å². The summed E-state index contributed by atoms with van der Waals surface area (Å²) in [5, 5.41) is 14.9. The Hall–Kier alpha value is -2.05. The Morgan fingerprint density at radius 1 is 1.10 bits per heavy atom. The molecule has 1 aliphatic rings. The molecule has 1 aliphatic carbocycles. The van der Waals surface area contributed by atoms with E-state index in [4.69, 9.17) is 28.9 Å². The van der Waals surface area contributed by atoms with Gasteiger partial charge < -0.3 is 21.0 Å². The third kappa shape index (κ3) is 5.07. The van der Waals surface area contributed by atoms with Crippen molar-refractivity contribution in [1.29, 1.82) is 0 Å². The molecule has 0 unspecified atom stereocenters. The van der Waals surface area contributed by atoms with E-state index in [0.29, 0.717) is 12.5 Å². The van der Waals surface area contributed by atoms with Gasteiger partial charge in [-0.05, 0) is 61.1 Å². The average molecular weight is 481 g/mol. The number of carbonyl (C=O) groups excluding carboxylic acids is 1. The van der Waals surface area contributed by atoms with Crippen molar-refractivity contribution in [2.24, 2.45) is 5.73 Å². The minimum Gasteiger partial charge on any atom is -0.505 e. The van der Waals surface area contributed by atoms with E-state index in [-0.39, 0.29) is 34.2 Å². The van der Waals surface area contributed by atoms with Gasteiger partial charge in [-0.3, -0.25) is 4.98 Å². The number of nitrogens with zero attached hydrogens (tertiary/aromatic N) is 1. The Kier molecular flexibility index (Phi) is 7.65. The van der Waals surface area contributed by atoms with Crippen molar-refractivity contribution in [1.82, 2.24) is 4.98 Å². The zero-order chi connectivity index (χ0) is 21.3. The van der Waals surface area contributed by atoms with Crippen LogP contribution in [0.5, 0.6) is 5.75 Å². The summed E-state index contributed by atoms with van der Waals surface area (Å²) in [5.74, 6) is -0.129. The van der Waals surface area contributed by atoms with Gasteiger partial charge in [-0.1, -0.05) is 29.3 Å². The van der Waals surface area contributed by atoms with Crippen LogP contribution in [0.1, 0.15) is 31.2 Å². The zero-order valence-corrected chi connectivity index (χ0v) is 19.1. The van der Waals surface area contributed by atoms with Crippen molar-refractivity contribution in [2.45, 2.75) is 44.2 Å². The molecule has 1 heterocycles. The van der Waals surface area contributed by atoms with E-state index in [1.54, 1.807) is 18.3 Å². The van der Waals surface area contributed by atoms with E-state index in [9.17, 15) is 9.90 Å². The monoisotopic (exact) mass is 479 g/mol. The highest BCUT2D eigenvalue weighted by Crippen LogP contribution is 2.38. The van der Waals surface area contributed by atoms with Gasteiger partial charge in [0.05, 0.1) is 15.6 Å².